The first-order valence-corrected chi connectivity index (χ1v) is 10.3. The van der Waals surface area contributed by atoms with E-state index in [4.69, 9.17) is 0 Å². The first kappa shape index (κ1) is 17.8. The van der Waals surface area contributed by atoms with Gasteiger partial charge in [0, 0.05) is 23.9 Å². The standard InChI is InChI=1S/C18H21N3O2S2/c1-24-15-6-3-2-5-14(15)19-17(22)13-8-10-21(11-9-13)18(23)20-16-7-4-12-25-16/h2-7,12-13H,8-11H2,1H3,(H,19,22)(H,20,23). The second-order valence-corrected chi connectivity index (χ2v) is 7.65. The summed E-state index contributed by atoms with van der Waals surface area (Å²) in [7, 11) is 0. The van der Waals surface area contributed by atoms with Crippen molar-refractivity contribution in [3.63, 3.8) is 0 Å². The van der Waals surface area contributed by atoms with E-state index in [-0.39, 0.29) is 17.9 Å². The number of rotatable bonds is 4. The number of hydrogen-bond acceptors (Lipinski definition) is 4. The molecule has 0 spiro atoms. The lowest BCUT2D eigenvalue weighted by Crippen LogP contribution is -2.43. The number of piperidine rings is 1. The van der Waals surface area contributed by atoms with E-state index in [1.165, 1.54) is 11.3 Å². The van der Waals surface area contributed by atoms with Gasteiger partial charge in [-0.3, -0.25) is 10.1 Å². The zero-order valence-electron chi connectivity index (χ0n) is 14.0. The lowest BCUT2D eigenvalue weighted by Gasteiger charge is -2.31. The normalized spacial score (nSPS) is 15.0. The Bertz CT molecular complexity index is 726. The SMILES string of the molecule is CSc1ccccc1NC(=O)C1CCN(C(=O)Nc2cccs2)CC1. The van der Waals surface area contributed by atoms with Crippen molar-refractivity contribution in [3.05, 3.63) is 41.8 Å². The van der Waals surface area contributed by atoms with Crippen molar-refractivity contribution in [2.45, 2.75) is 17.7 Å². The number of hydrogen-bond donors (Lipinski definition) is 2. The molecule has 1 aliphatic heterocycles. The molecule has 1 saturated heterocycles. The zero-order valence-corrected chi connectivity index (χ0v) is 15.7. The van der Waals surface area contributed by atoms with Crippen molar-refractivity contribution in [2.75, 3.05) is 30.0 Å². The number of carbonyl (C=O) groups excluding carboxylic acids is 2. The molecule has 2 heterocycles. The second kappa shape index (κ2) is 8.40. The fourth-order valence-electron chi connectivity index (χ4n) is 2.86. The summed E-state index contributed by atoms with van der Waals surface area (Å²) in [4.78, 5) is 27.6. The largest absolute Gasteiger partial charge is 0.325 e. The number of thioether (sulfide) groups is 1. The van der Waals surface area contributed by atoms with Crippen LogP contribution in [0.5, 0.6) is 0 Å². The van der Waals surface area contributed by atoms with Gasteiger partial charge >= 0.3 is 6.03 Å². The Hall–Kier alpha value is -1.99. The van der Waals surface area contributed by atoms with Gasteiger partial charge in [-0.2, -0.15) is 0 Å². The summed E-state index contributed by atoms with van der Waals surface area (Å²) in [5, 5.41) is 8.70. The smallest absolute Gasteiger partial charge is 0.322 e. The van der Waals surface area contributed by atoms with Crippen LogP contribution >= 0.6 is 23.1 Å². The lowest BCUT2D eigenvalue weighted by atomic mass is 9.96. The molecular formula is C18H21N3O2S2. The van der Waals surface area contributed by atoms with E-state index in [0.717, 1.165) is 15.6 Å². The molecule has 0 saturated carbocycles. The van der Waals surface area contributed by atoms with Gasteiger partial charge in [0.2, 0.25) is 5.91 Å². The molecule has 3 amide bonds. The Kier molecular flexibility index (Phi) is 5.99. The van der Waals surface area contributed by atoms with Crippen LogP contribution in [0.25, 0.3) is 0 Å². The minimum Gasteiger partial charge on any atom is -0.325 e. The first-order chi connectivity index (χ1) is 12.2. The summed E-state index contributed by atoms with van der Waals surface area (Å²) >= 11 is 3.12. The molecular weight excluding hydrogens is 354 g/mol. The summed E-state index contributed by atoms with van der Waals surface area (Å²) < 4.78 is 0. The van der Waals surface area contributed by atoms with E-state index in [0.29, 0.717) is 25.9 Å². The highest BCUT2D eigenvalue weighted by molar-refractivity contribution is 7.98. The summed E-state index contributed by atoms with van der Waals surface area (Å²) in [5.74, 6) is -0.0134. The Morgan fingerprint density at radius 3 is 2.56 bits per heavy atom. The van der Waals surface area contributed by atoms with Crippen LogP contribution in [0.4, 0.5) is 15.5 Å². The molecule has 1 aliphatic rings. The number of anilines is 2. The minimum atomic E-state index is -0.0889. The van der Waals surface area contributed by atoms with Crippen LogP contribution in [0.2, 0.25) is 0 Å². The van der Waals surface area contributed by atoms with Gasteiger partial charge in [0.15, 0.2) is 0 Å². The maximum Gasteiger partial charge on any atom is 0.322 e. The predicted molar refractivity (Wildman–Crippen MR) is 104 cm³/mol. The van der Waals surface area contributed by atoms with Crippen LogP contribution in [0, 0.1) is 5.92 Å². The molecule has 1 fully saturated rings. The third-order valence-electron chi connectivity index (χ3n) is 4.27. The number of thiophene rings is 1. The van der Waals surface area contributed by atoms with E-state index in [9.17, 15) is 9.59 Å². The van der Waals surface area contributed by atoms with Crippen molar-refractivity contribution in [2.24, 2.45) is 5.92 Å². The third kappa shape index (κ3) is 4.55. The molecule has 7 heteroatoms. The molecule has 25 heavy (non-hydrogen) atoms. The molecule has 0 aliphatic carbocycles. The van der Waals surface area contributed by atoms with Gasteiger partial charge in [-0.1, -0.05) is 12.1 Å². The van der Waals surface area contributed by atoms with Crippen molar-refractivity contribution in [3.8, 4) is 0 Å². The number of urea groups is 1. The van der Waals surface area contributed by atoms with E-state index in [2.05, 4.69) is 10.6 Å². The van der Waals surface area contributed by atoms with Crippen LogP contribution in [0.3, 0.4) is 0 Å². The molecule has 1 aromatic heterocycles. The number of benzene rings is 1. The zero-order chi connectivity index (χ0) is 17.6. The predicted octanol–water partition coefficient (Wildman–Crippen LogP) is 4.35. The summed E-state index contributed by atoms with van der Waals surface area (Å²) in [6.45, 7) is 1.19. The molecule has 0 bridgehead atoms. The summed E-state index contributed by atoms with van der Waals surface area (Å²) in [6.07, 6.45) is 3.37. The average Bonchev–Trinajstić information content (AvgIpc) is 3.15. The molecule has 2 N–H and O–H groups in total. The third-order valence-corrected chi connectivity index (χ3v) is 5.85. The molecule has 1 aromatic carbocycles. The Morgan fingerprint density at radius 2 is 1.88 bits per heavy atom. The van der Waals surface area contributed by atoms with Crippen LogP contribution in [-0.2, 0) is 4.79 Å². The monoisotopic (exact) mass is 375 g/mol. The Morgan fingerprint density at radius 1 is 1.12 bits per heavy atom. The van der Waals surface area contributed by atoms with Crippen molar-refractivity contribution < 1.29 is 9.59 Å². The molecule has 132 valence electrons. The molecule has 0 radical (unpaired) electrons. The van der Waals surface area contributed by atoms with E-state index in [1.807, 2.05) is 48.0 Å². The van der Waals surface area contributed by atoms with Gasteiger partial charge in [-0.25, -0.2) is 4.79 Å². The highest BCUT2D eigenvalue weighted by atomic mass is 32.2. The molecule has 0 atom stereocenters. The van der Waals surface area contributed by atoms with E-state index >= 15 is 0 Å². The van der Waals surface area contributed by atoms with Crippen LogP contribution in [-0.4, -0.2) is 36.2 Å². The number of amides is 3. The van der Waals surface area contributed by atoms with Crippen LogP contribution in [0.15, 0.2) is 46.7 Å². The quantitative estimate of drug-likeness (QED) is 0.781. The first-order valence-electron chi connectivity index (χ1n) is 8.20. The summed E-state index contributed by atoms with van der Waals surface area (Å²) in [5.41, 5.74) is 0.859. The van der Waals surface area contributed by atoms with Crippen molar-refractivity contribution in [1.29, 1.82) is 0 Å². The maximum absolute atomic E-state index is 12.5. The van der Waals surface area contributed by atoms with E-state index < -0.39 is 0 Å². The van der Waals surface area contributed by atoms with Gasteiger partial charge in [0.1, 0.15) is 0 Å². The molecule has 5 nitrogen and oxygen atoms in total. The summed E-state index contributed by atoms with van der Waals surface area (Å²) in [6, 6.07) is 11.5. The average molecular weight is 376 g/mol. The molecule has 3 rings (SSSR count). The van der Waals surface area contributed by atoms with Gasteiger partial charge < -0.3 is 10.2 Å². The minimum absolute atomic E-state index is 0.0415. The fraction of sp³-hybridized carbons (Fsp3) is 0.333. The van der Waals surface area contributed by atoms with Crippen molar-refractivity contribution in [1.82, 2.24) is 4.90 Å². The number of nitrogens with zero attached hydrogens (tertiary/aromatic N) is 1. The number of para-hydroxylation sites is 1. The Balaban J connectivity index is 1.51. The van der Waals surface area contributed by atoms with Gasteiger partial charge in [-0.15, -0.1) is 23.1 Å². The van der Waals surface area contributed by atoms with Crippen LogP contribution in [0.1, 0.15) is 12.8 Å². The Labute approximate surface area is 155 Å². The molecule has 2 aromatic rings. The topological polar surface area (TPSA) is 61.4 Å². The van der Waals surface area contributed by atoms with E-state index in [1.54, 1.807) is 16.7 Å². The van der Waals surface area contributed by atoms with Gasteiger partial charge in [-0.05, 0) is 48.7 Å². The number of carbonyl (C=O) groups is 2. The highest BCUT2D eigenvalue weighted by Crippen LogP contribution is 2.27. The number of nitrogens with one attached hydrogen (secondary N) is 2. The molecule has 0 unspecified atom stereocenters. The van der Waals surface area contributed by atoms with Crippen molar-refractivity contribution >= 4 is 45.7 Å². The number of likely N-dealkylation sites (tertiary alicyclic amines) is 1. The lowest BCUT2D eigenvalue weighted by molar-refractivity contribution is -0.121. The fourth-order valence-corrected chi connectivity index (χ4v) is 4.02. The van der Waals surface area contributed by atoms with Crippen LogP contribution < -0.4 is 10.6 Å². The maximum atomic E-state index is 12.5. The highest BCUT2D eigenvalue weighted by Gasteiger charge is 2.27. The van der Waals surface area contributed by atoms with Gasteiger partial charge in [0.25, 0.3) is 0 Å². The van der Waals surface area contributed by atoms with Gasteiger partial charge in [0.05, 0.1) is 10.7 Å². The second-order valence-electron chi connectivity index (χ2n) is 5.86.